The zero-order valence-corrected chi connectivity index (χ0v) is 13.4. The molecule has 1 aliphatic heterocycles. The first kappa shape index (κ1) is 15.7. The quantitative estimate of drug-likeness (QED) is 0.915. The number of rotatable bonds is 4. The summed E-state index contributed by atoms with van der Waals surface area (Å²) < 4.78 is 0. The Labute approximate surface area is 135 Å². The van der Waals surface area contributed by atoms with E-state index in [1.807, 2.05) is 29.2 Å². The van der Waals surface area contributed by atoms with Gasteiger partial charge >= 0.3 is 0 Å². The minimum absolute atomic E-state index is 0.107. The van der Waals surface area contributed by atoms with Crippen molar-refractivity contribution in [2.45, 2.75) is 19.8 Å². The van der Waals surface area contributed by atoms with E-state index in [9.17, 15) is 9.59 Å². The number of benzene rings is 1. The molecule has 1 aliphatic rings. The van der Waals surface area contributed by atoms with Gasteiger partial charge in [-0.2, -0.15) is 0 Å². The molecule has 6 heteroatoms. The van der Waals surface area contributed by atoms with Crippen molar-refractivity contribution < 1.29 is 4.79 Å². The van der Waals surface area contributed by atoms with Gasteiger partial charge in [0.1, 0.15) is 5.69 Å². The summed E-state index contributed by atoms with van der Waals surface area (Å²) in [5.41, 5.74) is 1.71. The lowest BCUT2D eigenvalue weighted by Gasteiger charge is -2.34. The summed E-state index contributed by atoms with van der Waals surface area (Å²) in [6, 6.07) is 7.43. The molecule has 0 spiro atoms. The van der Waals surface area contributed by atoms with Crippen molar-refractivity contribution >= 4 is 16.9 Å². The van der Waals surface area contributed by atoms with Crippen molar-refractivity contribution in [3.63, 3.8) is 0 Å². The fourth-order valence-corrected chi connectivity index (χ4v) is 2.93. The van der Waals surface area contributed by atoms with Gasteiger partial charge in [-0.25, -0.2) is 4.98 Å². The second kappa shape index (κ2) is 6.91. The zero-order valence-electron chi connectivity index (χ0n) is 13.4. The molecule has 1 N–H and O–H groups in total. The lowest BCUT2D eigenvalue weighted by atomic mass is 10.2. The standard InChI is InChI=1S/C17H22N4O2/c1-2-20-9-11-21(12-10-20)16(22)8-7-15-17(23)19-14-6-4-3-5-13(14)18-15/h3-6H,2,7-12H2,1H3,(H,19,23). The molecule has 1 aromatic heterocycles. The van der Waals surface area contributed by atoms with Gasteiger partial charge in [-0.05, 0) is 18.7 Å². The normalized spacial score (nSPS) is 16.0. The highest BCUT2D eigenvalue weighted by Gasteiger charge is 2.20. The van der Waals surface area contributed by atoms with E-state index < -0.39 is 0 Å². The maximum absolute atomic E-state index is 12.3. The average molecular weight is 314 g/mol. The average Bonchev–Trinajstić information content (AvgIpc) is 2.59. The number of likely N-dealkylation sites (N-methyl/N-ethyl adjacent to an activating group) is 1. The molecule has 2 aromatic rings. The maximum atomic E-state index is 12.3. The molecule has 1 saturated heterocycles. The van der Waals surface area contributed by atoms with Crippen molar-refractivity contribution in [2.24, 2.45) is 0 Å². The fraction of sp³-hybridized carbons (Fsp3) is 0.471. The number of aromatic amines is 1. The number of piperazine rings is 1. The number of carbonyl (C=O) groups is 1. The Hall–Kier alpha value is -2.21. The third kappa shape index (κ3) is 3.59. The number of hydrogen-bond donors (Lipinski definition) is 1. The van der Waals surface area contributed by atoms with Gasteiger partial charge in [0.15, 0.2) is 0 Å². The highest BCUT2D eigenvalue weighted by atomic mass is 16.2. The molecule has 2 heterocycles. The molecular weight excluding hydrogens is 292 g/mol. The number of carbonyl (C=O) groups excluding carboxylic acids is 1. The van der Waals surface area contributed by atoms with Crippen molar-refractivity contribution in [3.8, 4) is 0 Å². The van der Waals surface area contributed by atoms with Crippen molar-refractivity contribution in [3.05, 3.63) is 40.3 Å². The predicted octanol–water partition coefficient (Wildman–Crippen LogP) is 1.02. The summed E-state index contributed by atoms with van der Waals surface area (Å²) in [7, 11) is 0. The number of H-pyrrole nitrogens is 1. The smallest absolute Gasteiger partial charge is 0.270 e. The number of aromatic nitrogens is 2. The van der Waals surface area contributed by atoms with Crippen LogP contribution in [0.5, 0.6) is 0 Å². The highest BCUT2D eigenvalue weighted by molar-refractivity contribution is 5.77. The molecule has 0 unspecified atom stereocenters. The number of fused-ring (bicyclic) bond motifs is 1. The van der Waals surface area contributed by atoms with Gasteiger partial charge in [-0.15, -0.1) is 0 Å². The summed E-state index contributed by atoms with van der Waals surface area (Å²) in [4.78, 5) is 35.8. The monoisotopic (exact) mass is 314 g/mol. The molecule has 0 saturated carbocycles. The van der Waals surface area contributed by atoms with E-state index in [0.29, 0.717) is 18.5 Å². The van der Waals surface area contributed by atoms with E-state index in [0.717, 1.165) is 43.8 Å². The second-order valence-electron chi connectivity index (χ2n) is 5.84. The Balaban J connectivity index is 1.63. The van der Waals surface area contributed by atoms with Crippen LogP contribution in [-0.4, -0.2) is 58.4 Å². The molecule has 0 radical (unpaired) electrons. The van der Waals surface area contributed by atoms with E-state index in [2.05, 4.69) is 21.8 Å². The summed E-state index contributed by atoms with van der Waals surface area (Å²) in [6.45, 7) is 6.56. The Morgan fingerprint density at radius 2 is 1.96 bits per heavy atom. The SMILES string of the molecule is CCN1CCN(C(=O)CCc2nc3ccccc3[nH]c2=O)CC1. The van der Waals surface area contributed by atoms with E-state index in [4.69, 9.17) is 0 Å². The van der Waals surface area contributed by atoms with Gasteiger partial charge in [0, 0.05) is 39.0 Å². The van der Waals surface area contributed by atoms with Gasteiger partial charge in [-0.3, -0.25) is 9.59 Å². The van der Waals surface area contributed by atoms with Crippen molar-refractivity contribution in [2.75, 3.05) is 32.7 Å². The van der Waals surface area contributed by atoms with Crippen LogP contribution < -0.4 is 5.56 Å². The highest BCUT2D eigenvalue weighted by Crippen LogP contribution is 2.08. The number of amides is 1. The van der Waals surface area contributed by atoms with Crippen LogP contribution in [0.1, 0.15) is 19.0 Å². The first-order valence-electron chi connectivity index (χ1n) is 8.15. The van der Waals surface area contributed by atoms with E-state index >= 15 is 0 Å². The van der Waals surface area contributed by atoms with Gasteiger partial charge in [0.2, 0.25) is 5.91 Å². The molecule has 0 atom stereocenters. The minimum atomic E-state index is -0.202. The first-order chi connectivity index (χ1) is 11.2. The Kier molecular flexibility index (Phi) is 4.71. The van der Waals surface area contributed by atoms with Crippen LogP contribution in [0.3, 0.4) is 0 Å². The van der Waals surface area contributed by atoms with Gasteiger partial charge < -0.3 is 14.8 Å². The molecule has 1 amide bonds. The van der Waals surface area contributed by atoms with Crippen LogP contribution in [0.25, 0.3) is 11.0 Å². The first-order valence-corrected chi connectivity index (χ1v) is 8.15. The zero-order chi connectivity index (χ0) is 16.2. The molecule has 122 valence electrons. The Morgan fingerprint density at radius 1 is 1.22 bits per heavy atom. The van der Waals surface area contributed by atoms with E-state index in [-0.39, 0.29) is 11.5 Å². The summed E-state index contributed by atoms with van der Waals surface area (Å²) >= 11 is 0. The lowest BCUT2D eigenvalue weighted by molar-refractivity contribution is -0.132. The predicted molar refractivity (Wildman–Crippen MR) is 89.4 cm³/mol. The Morgan fingerprint density at radius 3 is 2.70 bits per heavy atom. The number of para-hydroxylation sites is 2. The van der Waals surface area contributed by atoms with Crippen LogP contribution >= 0.6 is 0 Å². The number of aryl methyl sites for hydroxylation is 1. The lowest BCUT2D eigenvalue weighted by Crippen LogP contribution is -2.48. The summed E-state index contributed by atoms with van der Waals surface area (Å²) in [5.74, 6) is 0.107. The largest absolute Gasteiger partial charge is 0.340 e. The number of nitrogens with one attached hydrogen (secondary N) is 1. The van der Waals surface area contributed by atoms with Crippen LogP contribution in [0.15, 0.2) is 29.1 Å². The summed E-state index contributed by atoms with van der Waals surface area (Å²) in [5, 5.41) is 0. The summed E-state index contributed by atoms with van der Waals surface area (Å²) in [6.07, 6.45) is 0.716. The number of hydrogen-bond acceptors (Lipinski definition) is 4. The molecule has 1 aromatic carbocycles. The van der Waals surface area contributed by atoms with E-state index in [1.54, 1.807) is 0 Å². The third-order valence-electron chi connectivity index (χ3n) is 4.42. The molecule has 1 fully saturated rings. The van der Waals surface area contributed by atoms with Gasteiger partial charge in [0.25, 0.3) is 5.56 Å². The van der Waals surface area contributed by atoms with Crippen LogP contribution in [0.2, 0.25) is 0 Å². The van der Waals surface area contributed by atoms with Crippen LogP contribution in [-0.2, 0) is 11.2 Å². The van der Waals surface area contributed by atoms with Gasteiger partial charge in [0.05, 0.1) is 11.0 Å². The molecule has 3 rings (SSSR count). The molecular formula is C17H22N4O2. The van der Waals surface area contributed by atoms with Gasteiger partial charge in [-0.1, -0.05) is 19.1 Å². The molecule has 0 aliphatic carbocycles. The van der Waals surface area contributed by atoms with Crippen molar-refractivity contribution in [1.82, 2.24) is 19.8 Å². The second-order valence-corrected chi connectivity index (χ2v) is 5.84. The van der Waals surface area contributed by atoms with E-state index in [1.165, 1.54) is 0 Å². The van der Waals surface area contributed by atoms with Crippen LogP contribution in [0, 0.1) is 0 Å². The molecule has 0 bridgehead atoms. The topological polar surface area (TPSA) is 69.3 Å². The number of nitrogens with zero attached hydrogens (tertiary/aromatic N) is 3. The fourth-order valence-electron chi connectivity index (χ4n) is 2.93. The van der Waals surface area contributed by atoms with Crippen molar-refractivity contribution in [1.29, 1.82) is 0 Å². The Bertz CT molecular complexity index is 748. The maximum Gasteiger partial charge on any atom is 0.270 e. The molecule has 23 heavy (non-hydrogen) atoms. The van der Waals surface area contributed by atoms with Crippen LogP contribution in [0.4, 0.5) is 0 Å². The minimum Gasteiger partial charge on any atom is -0.340 e. The third-order valence-corrected chi connectivity index (χ3v) is 4.42. The molecule has 6 nitrogen and oxygen atoms in total.